The van der Waals surface area contributed by atoms with Crippen molar-refractivity contribution in [3.63, 3.8) is 0 Å². The highest BCUT2D eigenvalue weighted by atomic mass is 16.4. The summed E-state index contributed by atoms with van der Waals surface area (Å²) in [6, 6.07) is 8.30. The Morgan fingerprint density at radius 1 is 1.00 bits per heavy atom. The smallest absolute Gasteiger partial charge is 0.335 e. The molecule has 0 aliphatic carbocycles. The zero-order chi connectivity index (χ0) is 13.5. The number of benzene rings is 1. The molecule has 0 atom stereocenters. The Hall–Kier alpha value is -1.39. The standard InChI is InChI=1S/C7H6O2.2C3H8O/c8-7(9)6-4-2-1-3-5-6;2*1-2-3-4/h1-5H,(H,8,9);2*4H,2-3H2,1H3. The van der Waals surface area contributed by atoms with Gasteiger partial charge in [0.1, 0.15) is 0 Å². The van der Waals surface area contributed by atoms with Crippen molar-refractivity contribution in [1.82, 2.24) is 0 Å². The van der Waals surface area contributed by atoms with Crippen LogP contribution in [0.1, 0.15) is 37.0 Å². The zero-order valence-electron chi connectivity index (χ0n) is 10.5. The number of hydrogen-bond donors (Lipinski definition) is 3. The number of carbonyl (C=O) groups is 1. The maximum Gasteiger partial charge on any atom is 0.335 e. The van der Waals surface area contributed by atoms with Crippen LogP contribution in [0.15, 0.2) is 30.3 Å². The Kier molecular flexibility index (Phi) is 15.5. The number of carboxylic acids is 1. The lowest BCUT2D eigenvalue weighted by atomic mass is 10.2. The fourth-order valence-corrected chi connectivity index (χ4v) is 0.581. The van der Waals surface area contributed by atoms with Crippen molar-refractivity contribution in [1.29, 1.82) is 0 Å². The largest absolute Gasteiger partial charge is 0.478 e. The summed E-state index contributed by atoms with van der Waals surface area (Å²) in [7, 11) is 0. The molecule has 0 amide bonds. The van der Waals surface area contributed by atoms with Gasteiger partial charge in [-0.15, -0.1) is 0 Å². The number of carboxylic acid groups (broad SMARTS) is 1. The minimum Gasteiger partial charge on any atom is -0.478 e. The molecule has 17 heavy (non-hydrogen) atoms. The van der Waals surface area contributed by atoms with Crippen LogP contribution in [0.3, 0.4) is 0 Å². The topological polar surface area (TPSA) is 77.8 Å². The molecule has 0 unspecified atom stereocenters. The van der Waals surface area contributed by atoms with E-state index in [1.807, 2.05) is 13.8 Å². The van der Waals surface area contributed by atoms with Crippen molar-refractivity contribution < 1.29 is 20.1 Å². The molecular weight excluding hydrogens is 220 g/mol. The molecule has 1 aromatic rings. The van der Waals surface area contributed by atoms with E-state index in [2.05, 4.69) is 0 Å². The summed E-state index contributed by atoms with van der Waals surface area (Å²) in [5.74, 6) is -0.879. The maximum atomic E-state index is 10.2. The van der Waals surface area contributed by atoms with Gasteiger partial charge in [0.15, 0.2) is 0 Å². The van der Waals surface area contributed by atoms with E-state index in [0.29, 0.717) is 18.8 Å². The van der Waals surface area contributed by atoms with Crippen molar-refractivity contribution in [2.75, 3.05) is 13.2 Å². The lowest BCUT2D eigenvalue weighted by molar-refractivity contribution is 0.0697. The molecule has 0 radical (unpaired) electrons. The fraction of sp³-hybridized carbons (Fsp3) is 0.462. The zero-order valence-corrected chi connectivity index (χ0v) is 10.5. The lowest BCUT2D eigenvalue weighted by Gasteiger charge is -1.88. The van der Waals surface area contributed by atoms with Crippen molar-refractivity contribution in [2.45, 2.75) is 26.7 Å². The first-order valence-corrected chi connectivity index (χ1v) is 5.64. The van der Waals surface area contributed by atoms with Crippen LogP contribution < -0.4 is 0 Å². The van der Waals surface area contributed by atoms with Crippen LogP contribution in [-0.4, -0.2) is 34.5 Å². The van der Waals surface area contributed by atoms with Gasteiger partial charge in [-0.25, -0.2) is 4.79 Å². The van der Waals surface area contributed by atoms with E-state index in [1.165, 1.54) is 0 Å². The Morgan fingerprint density at radius 3 is 1.53 bits per heavy atom. The molecule has 0 aliphatic heterocycles. The monoisotopic (exact) mass is 242 g/mol. The molecule has 0 saturated heterocycles. The first-order valence-electron chi connectivity index (χ1n) is 5.64. The first-order chi connectivity index (χ1) is 8.13. The number of aliphatic hydroxyl groups is 2. The maximum absolute atomic E-state index is 10.2. The second-order valence-corrected chi connectivity index (χ2v) is 3.12. The average molecular weight is 242 g/mol. The van der Waals surface area contributed by atoms with Crippen molar-refractivity contribution in [3.8, 4) is 0 Å². The minimum absolute atomic E-state index is 0.319. The summed E-state index contributed by atoms with van der Waals surface area (Å²) >= 11 is 0. The molecule has 0 aromatic heterocycles. The SMILES string of the molecule is CCCO.CCCO.O=C(O)c1ccccc1. The second-order valence-electron chi connectivity index (χ2n) is 3.12. The molecule has 98 valence electrons. The molecule has 1 aromatic carbocycles. The highest BCUT2D eigenvalue weighted by Gasteiger charge is 1.96. The number of hydrogen-bond acceptors (Lipinski definition) is 3. The van der Waals surface area contributed by atoms with Gasteiger partial charge in [-0.3, -0.25) is 0 Å². The molecule has 0 spiro atoms. The molecular formula is C13H22O4. The molecule has 1 rings (SSSR count). The van der Waals surface area contributed by atoms with Gasteiger partial charge in [0.25, 0.3) is 0 Å². The molecule has 0 bridgehead atoms. The predicted molar refractivity (Wildman–Crippen MR) is 68.2 cm³/mol. The van der Waals surface area contributed by atoms with E-state index in [-0.39, 0.29) is 0 Å². The summed E-state index contributed by atoms with van der Waals surface area (Å²) in [6.07, 6.45) is 1.75. The van der Waals surface area contributed by atoms with Crippen LogP contribution >= 0.6 is 0 Å². The molecule has 0 heterocycles. The number of aliphatic hydroxyl groups excluding tert-OH is 2. The first kappa shape index (κ1) is 18.0. The molecule has 0 aliphatic rings. The summed E-state index contributed by atoms with van der Waals surface area (Å²) in [5, 5.41) is 24.1. The third-order valence-electron chi connectivity index (χ3n) is 1.47. The fourth-order valence-electron chi connectivity index (χ4n) is 0.581. The van der Waals surface area contributed by atoms with E-state index < -0.39 is 5.97 Å². The summed E-state index contributed by atoms with van der Waals surface area (Å²) in [6.45, 7) is 4.50. The van der Waals surface area contributed by atoms with Crippen molar-refractivity contribution in [2.24, 2.45) is 0 Å². The van der Waals surface area contributed by atoms with E-state index in [4.69, 9.17) is 15.3 Å². The normalized spacial score (nSPS) is 8.24. The molecule has 4 heteroatoms. The second kappa shape index (κ2) is 14.6. The number of aromatic carboxylic acids is 1. The molecule has 0 fully saturated rings. The van der Waals surface area contributed by atoms with Crippen molar-refractivity contribution in [3.05, 3.63) is 35.9 Å². The van der Waals surface area contributed by atoms with Gasteiger partial charge >= 0.3 is 5.97 Å². The van der Waals surface area contributed by atoms with Gasteiger partial charge in [0.2, 0.25) is 0 Å². The average Bonchev–Trinajstić information content (AvgIpc) is 2.40. The van der Waals surface area contributed by atoms with Crippen LogP contribution in [0.25, 0.3) is 0 Å². The van der Waals surface area contributed by atoms with Gasteiger partial charge in [-0.05, 0) is 25.0 Å². The van der Waals surface area contributed by atoms with E-state index >= 15 is 0 Å². The van der Waals surface area contributed by atoms with E-state index in [9.17, 15) is 4.79 Å². The molecule has 3 N–H and O–H groups in total. The Morgan fingerprint density at radius 2 is 1.35 bits per heavy atom. The third kappa shape index (κ3) is 14.6. The van der Waals surface area contributed by atoms with Crippen LogP contribution in [-0.2, 0) is 0 Å². The van der Waals surface area contributed by atoms with E-state index in [0.717, 1.165) is 12.8 Å². The predicted octanol–water partition coefficient (Wildman–Crippen LogP) is 2.16. The van der Waals surface area contributed by atoms with E-state index in [1.54, 1.807) is 30.3 Å². The van der Waals surface area contributed by atoms with Crippen LogP contribution in [0.5, 0.6) is 0 Å². The Balaban J connectivity index is 0. The molecule has 4 nitrogen and oxygen atoms in total. The van der Waals surface area contributed by atoms with Gasteiger partial charge < -0.3 is 15.3 Å². The van der Waals surface area contributed by atoms with Crippen LogP contribution in [0.4, 0.5) is 0 Å². The highest BCUT2D eigenvalue weighted by Crippen LogP contribution is 1.96. The number of rotatable bonds is 3. The van der Waals surface area contributed by atoms with Crippen molar-refractivity contribution >= 4 is 5.97 Å². The van der Waals surface area contributed by atoms with Gasteiger partial charge in [0.05, 0.1) is 5.56 Å². The molecule has 0 saturated carbocycles. The van der Waals surface area contributed by atoms with Crippen LogP contribution in [0.2, 0.25) is 0 Å². The van der Waals surface area contributed by atoms with Gasteiger partial charge in [-0.1, -0.05) is 32.0 Å². The summed E-state index contributed by atoms with van der Waals surface area (Å²) in [4.78, 5) is 10.2. The van der Waals surface area contributed by atoms with Gasteiger partial charge in [0, 0.05) is 13.2 Å². The van der Waals surface area contributed by atoms with Crippen LogP contribution in [0, 0.1) is 0 Å². The lowest BCUT2D eigenvalue weighted by Crippen LogP contribution is -1.93. The summed E-state index contributed by atoms with van der Waals surface area (Å²) in [5.41, 5.74) is 0.331. The Bertz CT molecular complexity index is 251. The quantitative estimate of drug-likeness (QED) is 0.759. The minimum atomic E-state index is -0.879. The highest BCUT2D eigenvalue weighted by molar-refractivity contribution is 5.87. The summed E-state index contributed by atoms with van der Waals surface area (Å²) < 4.78 is 0. The van der Waals surface area contributed by atoms with Gasteiger partial charge in [-0.2, -0.15) is 0 Å². The Labute approximate surface area is 103 Å². The third-order valence-corrected chi connectivity index (χ3v) is 1.47.